The fourth-order valence-electron chi connectivity index (χ4n) is 2.15. The van der Waals surface area contributed by atoms with Gasteiger partial charge in [-0.05, 0) is 25.7 Å². The average molecular weight is 285 g/mol. The Kier molecular flexibility index (Phi) is 4.55. The normalized spacial score (nSPS) is 22.9. The molecule has 1 aromatic rings. The molecule has 0 aromatic carbocycles. The van der Waals surface area contributed by atoms with Crippen molar-refractivity contribution in [2.75, 3.05) is 12.4 Å². The van der Waals surface area contributed by atoms with Gasteiger partial charge in [-0.3, -0.25) is 10.1 Å². The van der Waals surface area contributed by atoms with E-state index >= 15 is 0 Å². The van der Waals surface area contributed by atoms with Gasteiger partial charge in [-0.15, -0.1) is 0 Å². The second-order valence-electron chi connectivity index (χ2n) is 4.66. The summed E-state index contributed by atoms with van der Waals surface area (Å²) in [5.41, 5.74) is 5.82. The van der Waals surface area contributed by atoms with Crippen LogP contribution in [0.3, 0.4) is 0 Å². The van der Waals surface area contributed by atoms with Crippen LogP contribution in [0.1, 0.15) is 25.7 Å². The molecule has 104 valence electrons. The average Bonchev–Trinajstić information content (AvgIpc) is 2.38. The van der Waals surface area contributed by atoms with E-state index < -0.39 is 0 Å². The molecule has 1 aromatic heterocycles. The minimum absolute atomic E-state index is 0.0339. The Morgan fingerprint density at radius 1 is 1.42 bits per heavy atom. The molecule has 0 aliphatic heterocycles. The third-order valence-electron chi connectivity index (χ3n) is 3.26. The van der Waals surface area contributed by atoms with E-state index in [1.54, 1.807) is 0 Å². The first kappa shape index (κ1) is 14.0. The smallest absolute Gasteiger partial charge is 0.234 e. The molecule has 1 fully saturated rings. The molecule has 1 aliphatic rings. The molecule has 2 rings (SSSR count). The summed E-state index contributed by atoms with van der Waals surface area (Å²) in [6, 6.07) is 1.70. The lowest BCUT2D eigenvalue weighted by Crippen LogP contribution is -2.32. The van der Waals surface area contributed by atoms with Gasteiger partial charge in [-0.2, -0.15) is 4.98 Å². The van der Waals surface area contributed by atoms with Crippen molar-refractivity contribution in [3.63, 3.8) is 0 Å². The van der Waals surface area contributed by atoms with Crippen molar-refractivity contribution in [2.45, 2.75) is 31.7 Å². The SMILES string of the molecule is COc1cc(Cl)nc(NC(=O)C2CCC(N)CC2)n1. The number of nitrogens with zero attached hydrogens (tertiary/aromatic N) is 2. The van der Waals surface area contributed by atoms with Crippen molar-refractivity contribution in [3.05, 3.63) is 11.2 Å². The Bertz CT molecular complexity index is 461. The zero-order valence-electron chi connectivity index (χ0n) is 10.7. The van der Waals surface area contributed by atoms with Gasteiger partial charge in [0.1, 0.15) is 5.15 Å². The summed E-state index contributed by atoms with van der Waals surface area (Å²) in [5.74, 6) is 0.370. The van der Waals surface area contributed by atoms with E-state index in [1.807, 2.05) is 0 Å². The van der Waals surface area contributed by atoms with Crippen molar-refractivity contribution >= 4 is 23.5 Å². The molecule has 0 spiro atoms. The van der Waals surface area contributed by atoms with Crippen LogP contribution in [0.4, 0.5) is 5.95 Å². The minimum Gasteiger partial charge on any atom is -0.481 e. The number of amides is 1. The molecule has 0 atom stereocenters. The van der Waals surface area contributed by atoms with Gasteiger partial charge < -0.3 is 10.5 Å². The van der Waals surface area contributed by atoms with Crippen LogP contribution < -0.4 is 15.8 Å². The molecule has 1 heterocycles. The van der Waals surface area contributed by atoms with E-state index in [9.17, 15) is 4.79 Å². The van der Waals surface area contributed by atoms with Crippen LogP contribution >= 0.6 is 11.6 Å². The van der Waals surface area contributed by atoms with Crippen LogP contribution in [0.15, 0.2) is 6.07 Å². The number of methoxy groups -OCH3 is 1. The number of rotatable bonds is 3. The third-order valence-corrected chi connectivity index (χ3v) is 3.45. The molecule has 19 heavy (non-hydrogen) atoms. The summed E-state index contributed by atoms with van der Waals surface area (Å²) in [4.78, 5) is 20.0. The molecular formula is C12H17ClN4O2. The number of carbonyl (C=O) groups is 1. The number of nitrogens with one attached hydrogen (secondary N) is 1. The second kappa shape index (κ2) is 6.16. The van der Waals surface area contributed by atoms with E-state index in [4.69, 9.17) is 22.1 Å². The lowest BCUT2D eigenvalue weighted by molar-refractivity contribution is -0.120. The lowest BCUT2D eigenvalue weighted by atomic mass is 9.86. The fourth-order valence-corrected chi connectivity index (χ4v) is 2.32. The highest BCUT2D eigenvalue weighted by atomic mass is 35.5. The van der Waals surface area contributed by atoms with Crippen molar-refractivity contribution in [2.24, 2.45) is 11.7 Å². The summed E-state index contributed by atoms with van der Waals surface area (Å²) < 4.78 is 4.97. The summed E-state index contributed by atoms with van der Waals surface area (Å²) in [6.07, 6.45) is 3.34. The number of hydrogen-bond donors (Lipinski definition) is 2. The van der Waals surface area contributed by atoms with E-state index in [-0.39, 0.29) is 29.0 Å². The van der Waals surface area contributed by atoms with Crippen LogP contribution in [0.25, 0.3) is 0 Å². The van der Waals surface area contributed by atoms with Crippen LogP contribution in [0.2, 0.25) is 5.15 Å². The fraction of sp³-hybridized carbons (Fsp3) is 0.583. The maximum Gasteiger partial charge on any atom is 0.234 e. The Morgan fingerprint density at radius 2 is 2.11 bits per heavy atom. The minimum atomic E-state index is -0.0868. The Hall–Kier alpha value is -1.40. The van der Waals surface area contributed by atoms with Gasteiger partial charge in [-0.1, -0.05) is 11.6 Å². The molecule has 6 nitrogen and oxygen atoms in total. The highest BCUT2D eigenvalue weighted by Crippen LogP contribution is 2.24. The molecule has 0 saturated heterocycles. The van der Waals surface area contributed by atoms with E-state index in [0.717, 1.165) is 25.7 Å². The zero-order chi connectivity index (χ0) is 13.8. The Labute approximate surface area is 116 Å². The largest absolute Gasteiger partial charge is 0.481 e. The van der Waals surface area contributed by atoms with Crippen LogP contribution in [0.5, 0.6) is 5.88 Å². The summed E-state index contributed by atoms with van der Waals surface area (Å²) in [5, 5.41) is 2.91. The van der Waals surface area contributed by atoms with Crippen molar-refractivity contribution in [1.82, 2.24) is 9.97 Å². The Balaban J connectivity index is 2.00. The monoisotopic (exact) mass is 284 g/mol. The summed E-state index contributed by atoms with van der Waals surface area (Å²) in [7, 11) is 1.48. The maximum absolute atomic E-state index is 12.1. The number of nitrogens with two attached hydrogens (primary N) is 1. The van der Waals surface area contributed by atoms with Gasteiger partial charge >= 0.3 is 0 Å². The van der Waals surface area contributed by atoms with Gasteiger partial charge in [-0.25, -0.2) is 4.98 Å². The van der Waals surface area contributed by atoms with Gasteiger partial charge in [0.2, 0.25) is 17.7 Å². The number of ether oxygens (including phenoxy) is 1. The number of hydrogen-bond acceptors (Lipinski definition) is 5. The van der Waals surface area contributed by atoms with Crippen molar-refractivity contribution < 1.29 is 9.53 Å². The predicted octanol–water partition coefficient (Wildman–Crippen LogP) is 1.59. The predicted molar refractivity (Wildman–Crippen MR) is 72.2 cm³/mol. The van der Waals surface area contributed by atoms with Gasteiger partial charge in [0, 0.05) is 18.0 Å². The third kappa shape index (κ3) is 3.78. The van der Waals surface area contributed by atoms with Gasteiger partial charge in [0.15, 0.2) is 0 Å². The zero-order valence-corrected chi connectivity index (χ0v) is 11.5. The molecule has 0 unspecified atom stereocenters. The summed E-state index contributed by atoms with van der Waals surface area (Å²) in [6.45, 7) is 0. The Morgan fingerprint density at radius 3 is 2.74 bits per heavy atom. The lowest BCUT2D eigenvalue weighted by Gasteiger charge is -2.24. The first-order chi connectivity index (χ1) is 9.08. The molecule has 1 saturated carbocycles. The molecule has 3 N–H and O–H groups in total. The molecular weight excluding hydrogens is 268 g/mol. The van der Waals surface area contributed by atoms with Crippen LogP contribution in [0, 0.1) is 5.92 Å². The summed E-state index contributed by atoms with van der Waals surface area (Å²) >= 11 is 5.82. The van der Waals surface area contributed by atoms with E-state index in [0.29, 0.717) is 5.88 Å². The quantitative estimate of drug-likeness (QED) is 0.823. The number of carbonyl (C=O) groups excluding carboxylic acids is 1. The van der Waals surface area contributed by atoms with Gasteiger partial charge in [0.25, 0.3) is 0 Å². The highest BCUT2D eigenvalue weighted by Gasteiger charge is 2.25. The standard InChI is InChI=1S/C12H17ClN4O2/c1-19-10-6-9(13)15-12(16-10)17-11(18)7-2-4-8(14)5-3-7/h6-8H,2-5,14H2,1H3,(H,15,16,17,18). The highest BCUT2D eigenvalue weighted by molar-refractivity contribution is 6.29. The number of aromatic nitrogens is 2. The molecule has 0 bridgehead atoms. The first-order valence-corrected chi connectivity index (χ1v) is 6.61. The van der Waals surface area contributed by atoms with E-state index in [1.165, 1.54) is 13.2 Å². The van der Waals surface area contributed by atoms with Gasteiger partial charge in [0.05, 0.1) is 7.11 Å². The number of anilines is 1. The van der Waals surface area contributed by atoms with Crippen molar-refractivity contribution in [3.8, 4) is 5.88 Å². The second-order valence-corrected chi connectivity index (χ2v) is 5.04. The van der Waals surface area contributed by atoms with Crippen LogP contribution in [-0.2, 0) is 4.79 Å². The molecule has 1 aliphatic carbocycles. The number of halogens is 1. The van der Waals surface area contributed by atoms with E-state index in [2.05, 4.69) is 15.3 Å². The first-order valence-electron chi connectivity index (χ1n) is 6.23. The molecule has 1 amide bonds. The topological polar surface area (TPSA) is 90.1 Å². The molecule has 7 heteroatoms. The van der Waals surface area contributed by atoms with Crippen molar-refractivity contribution in [1.29, 1.82) is 0 Å². The van der Waals surface area contributed by atoms with Crippen LogP contribution in [-0.4, -0.2) is 29.0 Å². The molecule has 0 radical (unpaired) electrons. The maximum atomic E-state index is 12.1.